The SMILES string of the molecule is Cc1cc(Cl)ccc1OCC(=O)NNC(=O)c1cccc(C(F)(F)F)c1. The highest BCUT2D eigenvalue weighted by Crippen LogP contribution is 2.29. The summed E-state index contributed by atoms with van der Waals surface area (Å²) >= 11 is 5.81. The summed E-state index contributed by atoms with van der Waals surface area (Å²) in [6, 6.07) is 8.68. The van der Waals surface area contributed by atoms with E-state index in [1.165, 1.54) is 6.07 Å². The molecule has 5 nitrogen and oxygen atoms in total. The van der Waals surface area contributed by atoms with E-state index in [0.29, 0.717) is 16.8 Å². The molecule has 0 radical (unpaired) electrons. The van der Waals surface area contributed by atoms with Gasteiger partial charge in [-0.3, -0.25) is 20.4 Å². The summed E-state index contributed by atoms with van der Waals surface area (Å²) in [5.41, 5.74) is 3.62. The van der Waals surface area contributed by atoms with E-state index >= 15 is 0 Å². The molecule has 2 rings (SSSR count). The summed E-state index contributed by atoms with van der Waals surface area (Å²) in [5.74, 6) is -1.12. The smallest absolute Gasteiger partial charge is 0.416 e. The third kappa shape index (κ3) is 5.38. The average Bonchev–Trinajstić information content (AvgIpc) is 2.58. The molecule has 0 heterocycles. The van der Waals surface area contributed by atoms with Gasteiger partial charge < -0.3 is 4.74 Å². The second-order valence-electron chi connectivity index (χ2n) is 5.28. The Bertz CT molecular complexity index is 825. The normalized spacial score (nSPS) is 11.0. The fraction of sp³-hybridized carbons (Fsp3) is 0.176. The van der Waals surface area contributed by atoms with Crippen molar-refractivity contribution in [3.63, 3.8) is 0 Å². The first-order valence-corrected chi connectivity index (χ1v) is 7.70. The van der Waals surface area contributed by atoms with Crippen molar-refractivity contribution in [2.75, 3.05) is 6.61 Å². The van der Waals surface area contributed by atoms with Crippen molar-refractivity contribution in [3.05, 3.63) is 64.2 Å². The molecule has 2 aromatic carbocycles. The third-order valence-corrected chi connectivity index (χ3v) is 3.50. The van der Waals surface area contributed by atoms with Crippen LogP contribution in [0, 0.1) is 6.92 Å². The van der Waals surface area contributed by atoms with E-state index in [2.05, 4.69) is 5.43 Å². The molecule has 9 heteroatoms. The number of carbonyl (C=O) groups is 2. The maximum Gasteiger partial charge on any atom is 0.416 e. The van der Waals surface area contributed by atoms with Crippen LogP contribution in [0.4, 0.5) is 13.2 Å². The molecule has 0 fully saturated rings. The number of hydrogen-bond acceptors (Lipinski definition) is 3. The van der Waals surface area contributed by atoms with Crippen molar-refractivity contribution < 1.29 is 27.5 Å². The molecule has 2 N–H and O–H groups in total. The lowest BCUT2D eigenvalue weighted by atomic mass is 10.1. The van der Waals surface area contributed by atoms with Gasteiger partial charge in [-0.1, -0.05) is 17.7 Å². The summed E-state index contributed by atoms with van der Waals surface area (Å²) in [6.45, 7) is 1.35. The average molecular weight is 387 g/mol. The number of hydrogen-bond donors (Lipinski definition) is 2. The lowest BCUT2D eigenvalue weighted by molar-refractivity contribution is -0.137. The van der Waals surface area contributed by atoms with Gasteiger partial charge in [-0.25, -0.2) is 0 Å². The lowest BCUT2D eigenvalue weighted by Gasteiger charge is -2.11. The maximum absolute atomic E-state index is 12.6. The predicted octanol–water partition coefficient (Wildman–Crippen LogP) is 3.51. The van der Waals surface area contributed by atoms with Gasteiger partial charge in [0, 0.05) is 10.6 Å². The molecular weight excluding hydrogens is 373 g/mol. The van der Waals surface area contributed by atoms with Crippen LogP contribution in [-0.4, -0.2) is 18.4 Å². The standard InChI is InChI=1S/C17H14ClF3N2O3/c1-10-7-13(18)5-6-14(10)26-9-15(24)22-23-16(25)11-3-2-4-12(8-11)17(19,20)21/h2-8H,9H2,1H3,(H,22,24)(H,23,25). The van der Waals surface area contributed by atoms with Crippen LogP contribution < -0.4 is 15.6 Å². The van der Waals surface area contributed by atoms with Crippen LogP contribution in [0.1, 0.15) is 21.5 Å². The second-order valence-corrected chi connectivity index (χ2v) is 5.72. The lowest BCUT2D eigenvalue weighted by Crippen LogP contribution is -2.43. The van der Waals surface area contributed by atoms with Gasteiger partial charge in [0.05, 0.1) is 5.56 Å². The molecular formula is C17H14ClF3N2O3. The molecule has 0 unspecified atom stereocenters. The van der Waals surface area contributed by atoms with E-state index in [4.69, 9.17) is 16.3 Å². The Morgan fingerprint density at radius 1 is 1.12 bits per heavy atom. The number of benzene rings is 2. The molecule has 0 aliphatic carbocycles. The minimum atomic E-state index is -4.57. The number of halogens is 4. The van der Waals surface area contributed by atoms with Crippen LogP contribution in [0.25, 0.3) is 0 Å². The van der Waals surface area contributed by atoms with Crippen LogP contribution in [-0.2, 0) is 11.0 Å². The number of amides is 2. The molecule has 2 aromatic rings. The third-order valence-electron chi connectivity index (χ3n) is 3.26. The zero-order chi connectivity index (χ0) is 19.3. The predicted molar refractivity (Wildman–Crippen MR) is 88.7 cm³/mol. The largest absolute Gasteiger partial charge is 0.483 e. The minimum absolute atomic E-state index is 0.241. The van der Waals surface area contributed by atoms with Crippen molar-refractivity contribution in [1.82, 2.24) is 10.9 Å². The fourth-order valence-electron chi connectivity index (χ4n) is 1.99. The Balaban J connectivity index is 1.88. The molecule has 2 amide bonds. The van der Waals surface area contributed by atoms with Crippen molar-refractivity contribution in [1.29, 1.82) is 0 Å². The molecule has 0 bridgehead atoms. The van der Waals surface area contributed by atoms with Gasteiger partial charge in [0.25, 0.3) is 11.8 Å². The van der Waals surface area contributed by atoms with Gasteiger partial charge in [-0.05, 0) is 48.9 Å². The van der Waals surface area contributed by atoms with Gasteiger partial charge in [-0.15, -0.1) is 0 Å². The van der Waals surface area contributed by atoms with E-state index < -0.39 is 30.2 Å². The molecule has 0 aliphatic heterocycles. The number of carbonyl (C=O) groups excluding carboxylic acids is 2. The van der Waals surface area contributed by atoms with Crippen molar-refractivity contribution in [3.8, 4) is 5.75 Å². The highest BCUT2D eigenvalue weighted by Gasteiger charge is 2.30. The zero-order valence-corrected chi connectivity index (χ0v) is 14.2. The van der Waals surface area contributed by atoms with E-state index in [1.54, 1.807) is 25.1 Å². The summed E-state index contributed by atoms with van der Waals surface area (Å²) in [7, 11) is 0. The van der Waals surface area contributed by atoms with Gasteiger partial charge in [0.15, 0.2) is 6.61 Å². The van der Waals surface area contributed by atoms with E-state index in [1.807, 2.05) is 5.43 Å². The number of rotatable bonds is 4. The highest BCUT2D eigenvalue weighted by atomic mass is 35.5. The maximum atomic E-state index is 12.6. The Morgan fingerprint density at radius 3 is 2.50 bits per heavy atom. The Kier molecular flexibility index (Phi) is 6.10. The highest BCUT2D eigenvalue weighted by molar-refractivity contribution is 6.30. The molecule has 0 atom stereocenters. The van der Waals surface area contributed by atoms with Crippen LogP contribution in [0.3, 0.4) is 0 Å². The summed E-state index contributed by atoms with van der Waals surface area (Å²) < 4.78 is 43.2. The van der Waals surface area contributed by atoms with Gasteiger partial charge in [0.1, 0.15) is 5.75 Å². The van der Waals surface area contributed by atoms with Crippen LogP contribution in [0.5, 0.6) is 5.75 Å². The van der Waals surface area contributed by atoms with Crippen LogP contribution >= 0.6 is 11.6 Å². The van der Waals surface area contributed by atoms with Gasteiger partial charge in [0.2, 0.25) is 0 Å². The number of alkyl halides is 3. The van der Waals surface area contributed by atoms with E-state index in [9.17, 15) is 22.8 Å². The second kappa shape index (κ2) is 8.09. The van der Waals surface area contributed by atoms with Crippen LogP contribution in [0.2, 0.25) is 5.02 Å². The van der Waals surface area contributed by atoms with Gasteiger partial charge >= 0.3 is 6.18 Å². The summed E-state index contributed by atoms with van der Waals surface area (Å²) in [4.78, 5) is 23.5. The van der Waals surface area contributed by atoms with Gasteiger partial charge in [-0.2, -0.15) is 13.2 Å². The first-order chi connectivity index (χ1) is 12.2. The minimum Gasteiger partial charge on any atom is -0.483 e. The van der Waals surface area contributed by atoms with Crippen molar-refractivity contribution >= 4 is 23.4 Å². The summed E-state index contributed by atoms with van der Waals surface area (Å²) in [5, 5.41) is 0.521. The topological polar surface area (TPSA) is 67.4 Å². The molecule has 0 aliphatic rings. The number of ether oxygens (including phenoxy) is 1. The first-order valence-electron chi connectivity index (χ1n) is 7.32. The first kappa shape index (κ1) is 19.6. The van der Waals surface area contributed by atoms with Crippen LogP contribution in [0.15, 0.2) is 42.5 Å². The monoisotopic (exact) mass is 386 g/mol. The molecule has 138 valence electrons. The number of aryl methyl sites for hydroxylation is 1. The fourth-order valence-corrected chi connectivity index (χ4v) is 2.22. The van der Waals surface area contributed by atoms with E-state index in [-0.39, 0.29) is 5.56 Å². The molecule has 0 saturated heterocycles. The van der Waals surface area contributed by atoms with E-state index in [0.717, 1.165) is 17.7 Å². The quantitative estimate of drug-likeness (QED) is 0.790. The molecule has 0 saturated carbocycles. The van der Waals surface area contributed by atoms with Crippen molar-refractivity contribution in [2.24, 2.45) is 0 Å². The molecule has 26 heavy (non-hydrogen) atoms. The Labute approximate surface area is 152 Å². The Hall–Kier alpha value is -2.74. The number of hydrazine groups is 1. The zero-order valence-electron chi connectivity index (χ0n) is 13.5. The Morgan fingerprint density at radius 2 is 1.85 bits per heavy atom. The molecule has 0 spiro atoms. The van der Waals surface area contributed by atoms with Crippen molar-refractivity contribution in [2.45, 2.75) is 13.1 Å². The molecule has 0 aromatic heterocycles. The number of nitrogens with one attached hydrogen (secondary N) is 2. The summed E-state index contributed by atoms with van der Waals surface area (Å²) in [6.07, 6.45) is -4.57.